The number of fused-ring (bicyclic) bond motifs is 1. The molecule has 0 N–H and O–H groups in total. The van der Waals surface area contributed by atoms with Crippen molar-refractivity contribution in [2.24, 2.45) is 0 Å². The summed E-state index contributed by atoms with van der Waals surface area (Å²) in [4.78, 5) is 27.3. The van der Waals surface area contributed by atoms with E-state index >= 15 is 0 Å². The zero-order valence-electron chi connectivity index (χ0n) is 14.4. The van der Waals surface area contributed by atoms with Crippen LogP contribution in [0.5, 0.6) is 5.75 Å². The van der Waals surface area contributed by atoms with Gasteiger partial charge in [0.15, 0.2) is 0 Å². The van der Waals surface area contributed by atoms with E-state index in [0.29, 0.717) is 34.7 Å². The largest absolute Gasteiger partial charge is 0.501 e. The topological polar surface area (TPSA) is 55.8 Å². The number of nitrogens with zero attached hydrogens (tertiary/aromatic N) is 1. The summed E-state index contributed by atoms with van der Waals surface area (Å²) in [5, 5.41) is 0. The molecule has 0 aliphatic carbocycles. The van der Waals surface area contributed by atoms with E-state index in [0.717, 1.165) is 5.56 Å². The van der Waals surface area contributed by atoms with Gasteiger partial charge < -0.3 is 9.47 Å². The summed E-state index contributed by atoms with van der Waals surface area (Å²) >= 11 is 0. The van der Waals surface area contributed by atoms with Crippen LogP contribution in [0.1, 0.15) is 28.4 Å². The Morgan fingerprint density at radius 1 is 1.04 bits per heavy atom. The SMILES string of the molecule is CCO/C=C1/C(=O)N(c2ccccc2C)C(=O)c2cc(OC)ccc21. The van der Waals surface area contributed by atoms with Crippen molar-refractivity contribution in [3.63, 3.8) is 0 Å². The Kier molecular flexibility index (Phi) is 4.57. The third-order valence-electron chi connectivity index (χ3n) is 4.11. The number of benzene rings is 2. The number of carbonyl (C=O) groups is 2. The number of ether oxygens (including phenoxy) is 2. The molecule has 0 saturated heterocycles. The lowest BCUT2D eigenvalue weighted by molar-refractivity contribution is -0.113. The number of amides is 2. The van der Waals surface area contributed by atoms with Crippen molar-refractivity contribution in [3.8, 4) is 5.75 Å². The summed E-state index contributed by atoms with van der Waals surface area (Å²) in [5.74, 6) is -0.214. The zero-order valence-corrected chi connectivity index (χ0v) is 14.4. The lowest BCUT2D eigenvalue weighted by Gasteiger charge is -2.29. The minimum atomic E-state index is -0.398. The van der Waals surface area contributed by atoms with Gasteiger partial charge in [-0.05, 0) is 43.7 Å². The summed E-state index contributed by atoms with van der Waals surface area (Å²) in [6.45, 7) is 4.13. The first-order valence-corrected chi connectivity index (χ1v) is 8.03. The van der Waals surface area contributed by atoms with Crippen molar-refractivity contribution in [2.45, 2.75) is 13.8 Å². The molecule has 3 rings (SSSR count). The standard InChI is InChI=1S/C20H19NO4/c1-4-25-12-17-15-10-9-14(24-3)11-16(15)19(22)21(20(17)23)18-8-6-5-7-13(18)2/h5-12H,4H2,1-3H3/b17-12+. The van der Waals surface area contributed by atoms with Crippen LogP contribution >= 0.6 is 0 Å². The van der Waals surface area contributed by atoms with Gasteiger partial charge in [0, 0.05) is 5.56 Å². The van der Waals surface area contributed by atoms with Crippen LogP contribution in [0.2, 0.25) is 0 Å². The molecular weight excluding hydrogens is 318 g/mol. The minimum absolute atomic E-state index is 0.349. The van der Waals surface area contributed by atoms with Crippen LogP contribution in [0, 0.1) is 6.92 Å². The van der Waals surface area contributed by atoms with Crippen LogP contribution in [0.25, 0.3) is 5.57 Å². The smallest absolute Gasteiger partial charge is 0.269 e. The van der Waals surface area contributed by atoms with Crippen molar-refractivity contribution in [2.75, 3.05) is 18.6 Å². The Morgan fingerprint density at radius 2 is 1.80 bits per heavy atom. The lowest BCUT2D eigenvalue weighted by atomic mass is 9.93. The fraction of sp³-hybridized carbons (Fsp3) is 0.200. The van der Waals surface area contributed by atoms with Gasteiger partial charge in [-0.3, -0.25) is 9.59 Å². The van der Waals surface area contributed by atoms with Gasteiger partial charge in [0.05, 0.1) is 36.8 Å². The summed E-state index contributed by atoms with van der Waals surface area (Å²) < 4.78 is 10.6. The van der Waals surface area contributed by atoms with Gasteiger partial charge in [0.1, 0.15) is 5.75 Å². The highest BCUT2D eigenvalue weighted by atomic mass is 16.5. The Labute approximate surface area is 146 Å². The van der Waals surface area contributed by atoms with Gasteiger partial charge in [0.25, 0.3) is 11.8 Å². The molecule has 0 aromatic heterocycles. The van der Waals surface area contributed by atoms with Crippen LogP contribution in [0.4, 0.5) is 5.69 Å². The van der Waals surface area contributed by atoms with Crippen LogP contribution < -0.4 is 9.64 Å². The number of rotatable bonds is 4. The number of hydrogen-bond acceptors (Lipinski definition) is 4. The molecule has 5 heteroatoms. The molecule has 1 aliphatic rings. The maximum atomic E-state index is 13.0. The second-order valence-corrected chi connectivity index (χ2v) is 5.63. The molecule has 2 aromatic carbocycles. The van der Waals surface area contributed by atoms with Crippen LogP contribution in [0.15, 0.2) is 48.7 Å². The van der Waals surface area contributed by atoms with Crippen molar-refractivity contribution in [1.82, 2.24) is 0 Å². The van der Waals surface area contributed by atoms with E-state index in [2.05, 4.69) is 0 Å². The van der Waals surface area contributed by atoms with Crippen molar-refractivity contribution >= 4 is 23.1 Å². The van der Waals surface area contributed by atoms with Crippen LogP contribution in [-0.4, -0.2) is 25.5 Å². The Morgan fingerprint density at radius 3 is 2.48 bits per heavy atom. The van der Waals surface area contributed by atoms with Crippen molar-refractivity contribution in [3.05, 3.63) is 65.4 Å². The number of carbonyl (C=O) groups excluding carboxylic acids is 2. The first-order valence-electron chi connectivity index (χ1n) is 8.03. The van der Waals surface area contributed by atoms with Gasteiger partial charge in [0.2, 0.25) is 0 Å². The molecule has 1 heterocycles. The van der Waals surface area contributed by atoms with E-state index < -0.39 is 5.91 Å². The van der Waals surface area contributed by atoms with E-state index in [1.54, 1.807) is 30.3 Å². The second kappa shape index (κ2) is 6.81. The second-order valence-electron chi connectivity index (χ2n) is 5.63. The summed E-state index contributed by atoms with van der Waals surface area (Å²) in [5.41, 5.74) is 2.71. The summed E-state index contributed by atoms with van der Waals surface area (Å²) in [6.07, 6.45) is 1.42. The molecule has 0 fully saturated rings. The number of para-hydroxylation sites is 1. The average Bonchev–Trinajstić information content (AvgIpc) is 2.63. The van der Waals surface area contributed by atoms with Crippen molar-refractivity contribution in [1.29, 1.82) is 0 Å². The molecule has 2 aromatic rings. The third kappa shape index (κ3) is 2.89. The average molecular weight is 337 g/mol. The molecule has 0 saturated carbocycles. The highest BCUT2D eigenvalue weighted by molar-refractivity contribution is 6.41. The molecule has 2 amide bonds. The van der Waals surface area contributed by atoms with Gasteiger partial charge in [-0.25, -0.2) is 4.90 Å². The molecular formula is C20H19NO4. The molecule has 0 atom stereocenters. The first-order chi connectivity index (χ1) is 12.1. The minimum Gasteiger partial charge on any atom is -0.501 e. The Bertz CT molecular complexity index is 870. The highest BCUT2D eigenvalue weighted by Gasteiger charge is 2.37. The van der Waals surface area contributed by atoms with E-state index in [1.807, 2.05) is 26.0 Å². The summed E-state index contributed by atoms with van der Waals surface area (Å²) in [7, 11) is 1.54. The number of anilines is 1. The van der Waals surface area contributed by atoms with Gasteiger partial charge >= 0.3 is 0 Å². The van der Waals surface area contributed by atoms with E-state index in [-0.39, 0.29) is 5.91 Å². The number of aryl methyl sites for hydroxylation is 1. The van der Waals surface area contributed by atoms with Gasteiger partial charge in [-0.1, -0.05) is 18.2 Å². The molecule has 1 aliphatic heterocycles. The molecule has 0 bridgehead atoms. The summed E-state index contributed by atoms with van der Waals surface area (Å²) in [6, 6.07) is 12.4. The lowest BCUT2D eigenvalue weighted by Crippen LogP contribution is -2.42. The van der Waals surface area contributed by atoms with E-state index in [9.17, 15) is 9.59 Å². The molecule has 5 nitrogen and oxygen atoms in total. The first kappa shape index (κ1) is 16.8. The zero-order chi connectivity index (χ0) is 18.0. The maximum Gasteiger partial charge on any atom is 0.269 e. The van der Waals surface area contributed by atoms with Gasteiger partial charge in [-0.15, -0.1) is 0 Å². The van der Waals surface area contributed by atoms with Crippen LogP contribution in [0.3, 0.4) is 0 Å². The van der Waals surface area contributed by atoms with E-state index in [4.69, 9.17) is 9.47 Å². The number of imide groups is 1. The monoisotopic (exact) mass is 337 g/mol. The molecule has 0 radical (unpaired) electrons. The molecule has 25 heavy (non-hydrogen) atoms. The molecule has 0 spiro atoms. The predicted octanol–water partition coefficient (Wildman–Crippen LogP) is 3.57. The highest BCUT2D eigenvalue weighted by Crippen LogP contribution is 2.35. The Balaban J connectivity index is 2.21. The van der Waals surface area contributed by atoms with Crippen molar-refractivity contribution < 1.29 is 19.1 Å². The number of hydrogen-bond donors (Lipinski definition) is 0. The molecule has 128 valence electrons. The fourth-order valence-electron chi connectivity index (χ4n) is 2.82. The normalized spacial score (nSPS) is 15.3. The van der Waals surface area contributed by atoms with Crippen LogP contribution in [-0.2, 0) is 9.53 Å². The van der Waals surface area contributed by atoms with E-state index in [1.165, 1.54) is 18.3 Å². The Hall–Kier alpha value is -3.08. The fourth-order valence-corrected chi connectivity index (χ4v) is 2.82. The third-order valence-corrected chi connectivity index (χ3v) is 4.11. The quantitative estimate of drug-likeness (QED) is 0.486. The molecule has 0 unspecified atom stereocenters. The maximum absolute atomic E-state index is 13.0. The predicted molar refractivity (Wildman–Crippen MR) is 95.6 cm³/mol. The number of methoxy groups -OCH3 is 1. The van der Waals surface area contributed by atoms with Gasteiger partial charge in [-0.2, -0.15) is 0 Å².